The summed E-state index contributed by atoms with van der Waals surface area (Å²) in [6.45, 7) is 5.64. The third kappa shape index (κ3) is 4.80. The Balaban J connectivity index is 2.09. The Bertz CT molecular complexity index is 866. The largest absolute Gasteiger partial charge is 0.289 e. The average Bonchev–Trinajstić information content (AvgIpc) is 2.56. The second kappa shape index (κ2) is 7.45. The van der Waals surface area contributed by atoms with Crippen LogP contribution >= 0.6 is 0 Å². The summed E-state index contributed by atoms with van der Waals surface area (Å²) in [5.74, 6) is -0.120. The maximum atomic E-state index is 12.2. The zero-order chi connectivity index (χ0) is 17.7. The molecule has 1 N–H and O–H groups in total. The summed E-state index contributed by atoms with van der Waals surface area (Å²) in [6, 6.07) is 12.4. The highest BCUT2D eigenvalue weighted by atomic mass is 32.2. The molecule has 0 amide bonds. The van der Waals surface area contributed by atoms with E-state index in [1.165, 1.54) is 17.2 Å². The van der Waals surface area contributed by atoms with Gasteiger partial charge >= 0.3 is 0 Å². The van der Waals surface area contributed by atoms with Crippen LogP contribution in [0.5, 0.6) is 0 Å². The van der Waals surface area contributed by atoms with Crippen LogP contribution in [0.25, 0.3) is 6.08 Å². The van der Waals surface area contributed by atoms with E-state index in [-0.39, 0.29) is 11.5 Å². The number of nitrogens with one attached hydrogen (secondary N) is 1. The Morgan fingerprint density at radius 3 is 2.29 bits per heavy atom. The highest BCUT2D eigenvalue weighted by Gasteiger charge is 2.07. The lowest BCUT2D eigenvalue weighted by Gasteiger charge is -2.06. The van der Waals surface area contributed by atoms with Gasteiger partial charge in [-0.1, -0.05) is 24.3 Å². The van der Waals surface area contributed by atoms with E-state index in [1.54, 1.807) is 37.3 Å². The van der Waals surface area contributed by atoms with Crippen molar-refractivity contribution < 1.29 is 13.2 Å². The van der Waals surface area contributed by atoms with Crippen molar-refractivity contribution in [1.29, 1.82) is 0 Å². The van der Waals surface area contributed by atoms with E-state index < -0.39 is 10.0 Å². The zero-order valence-corrected chi connectivity index (χ0v) is 14.9. The molecule has 0 atom stereocenters. The van der Waals surface area contributed by atoms with Gasteiger partial charge in [0.2, 0.25) is 10.0 Å². The van der Waals surface area contributed by atoms with Crippen molar-refractivity contribution in [3.63, 3.8) is 0 Å². The van der Waals surface area contributed by atoms with Crippen LogP contribution in [0.3, 0.4) is 0 Å². The van der Waals surface area contributed by atoms with Gasteiger partial charge in [0, 0.05) is 11.3 Å². The highest BCUT2D eigenvalue weighted by Crippen LogP contribution is 2.14. The standard InChI is InChI=1S/C19H21NO3S/c1-4-24(22,23)20-18-10-8-17(9-11-18)19(21)12-7-16-6-5-14(2)15(3)13-16/h5-13,20H,4H2,1-3H3. The van der Waals surface area contributed by atoms with Gasteiger partial charge in [0.05, 0.1) is 5.75 Å². The number of benzene rings is 2. The predicted molar refractivity (Wildman–Crippen MR) is 98.8 cm³/mol. The van der Waals surface area contributed by atoms with Crippen molar-refractivity contribution >= 4 is 27.6 Å². The minimum Gasteiger partial charge on any atom is -0.289 e. The van der Waals surface area contributed by atoms with Gasteiger partial charge in [-0.15, -0.1) is 0 Å². The van der Waals surface area contributed by atoms with Crippen LogP contribution in [0.15, 0.2) is 48.5 Å². The number of hydrogen-bond acceptors (Lipinski definition) is 3. The third-order valence-corrected chi connectivity index (χ3v) is 5.09. The minimum absolute atomic E-state index is 0.00634. The molecule has 0 spiro atoms. The summed E-state index contributed by atoms with van der Waals surface area (Å²) in [6.07, 6.45) is 3.30. The maximum Gasteiger partial charge on any atom is 0.232 e. The summed E-state index contributed by atoms with van der Waals surface area (Å²) in [7, 11) is -3.31. The molecule has 4 nitrogen and oxygen atoms in total. The molecular formula is C19H21NO3S. The number of hydrogen-bond donors (Lipinski definition) is 1. The molecule has 0 aromatic heterocycles. The van der Waals surface area contributed by atoms with Gasteiger partial charge in [-0.25, -0.2) is 8.42 Å². The fraction of sp³-hybridized carbons (Fsp3) is 0.211. The second-order valence-electron chi connectivity index (χ2n) is 5.62. The molecule has 0 fully saturated rings. The normalized spacial score (nSPS) is 11.6. The molecule has 0 aliphatic carbocycles. The number of carbonyl (C=O) groups excluding carboxylic acids is 1. The van der Waals surface area contributed by atoms with Crippen molar-refractivity contribution in [2.24, 2.45) is 0 Å². The Hall–Kier alpha value is -2.40. The number of aryl methyl sites for hydroxylation is 2. The fourth-order valence-electron chi connectivity index (χ4n) is 2.09. The lowest BCUT2D eigenvalue weighted by Crippen LogP contribution is -2.14. The summed E-state index contributed by atoms with van der Waals surface area (Å²) >= 11 is 0. The molecule has 0 aliphatic rings. The van der Waals surface area contributed by atoms with Crippen molar-refractivity contribution in [3.05, 3.63) is 70.8 Å². The number of rotatable bonds is 6. The van der Waals surface area contributed by atoms with E-state index in [0.717, 1.165) is 5.56 Å². The highest BCUT2D eigenvalue weighted by molar-refractivity contribution is 7.92. The Labute approximate surface area is 143 Å². The van der Waals surface area contributed by atoms with Gasteiger partial charge in [0.25, 0.3) is 0 Å². The van der Waals surface area contributed by atoms with Crippen LogP contribution in [-0.2, 0) is 10.0 Å². The van der Waals surface area contributed by atoms with Crippen LogP contribution in [0, 0.1) is 13.8 Å². The van der Waals surface area contributed by atoms with E-state index >= 15 is 0 Å². The maximum absolute atomic E-state index is 12.2. The number of anilines is 1. The van der Waals surface area contributed by atoms with Crippen LogP contribution in [0.2, 0.25) is 0 Å². The SMILES string of the molecule is CCS(=O)(=O)Nc1ccc(C(=O)C=Cc2ccc(C)c(C)c2)cc1. The molecule has 0 heterocycles. The van der Waals surface area contributed by atoms with Crippen molar-refractivity contribution in [1.82, 2.24) is 0 Å². The molecule has 2 rings (SSSR count). The van der Waals surface area contributed by atoms with Gasteiger partial charge in [0.15, 0.2) is 5.78 Å². The van der Waals surface area contributed by atoms with Gasteiger partial charge in [-0.05, 0) is 67.8 Å². The molecule has 2 aromatic carbocycles. The van der Waals surface area contributed by atoms with E-state index in [4.69, 9.17) is 0 Å². The Kier molecular flexibility index (Phi) is 5.57. The van der Waals surface area contributed by atoms with Gasteiger partial charge in [0.1, 0.15) is 0 Å². The van der Waals surface area contributed by atoms with E-state index in [1.807, 2.05) is 32.0 Å². The van der Waals surface area contributed by atoms with Crippen molar-refractivity contribution in [3.8, 4) is 0 Å². The molecule has 0 radical (unpaired) electrons. The van der Waals surface area contributed by atoms with E-state index in [0.29, 0.717) is 11.3 Å². The first-order valence-corrected chi connectivity index (χ1v) is 9.36. The fourth-order valence-corrected chi connectivity index (χ4v) is 2.73. The lowest BCUT2D eigenvalue weighted by atomic mass is 10.0. The molecule has 0 unspecified atom stereocenters. The molecule has 0 saturated carbocycles. The van der Waals surface area contributed by atoms with Gasteiger partial charge < -0.3 is 0 Å². The minimum atomic E-state index is -3.31. The zero-order valence-electron chi connectivity index (χ0n) is 14.0. The number of allylic oxidation sites excluding steroid dienone is 1. The summed E-state index contributed by atoms with van der Waals surface area (Å²) < 4.78 is 25.5. The van der Waals surface area contributed by atoms with E-state index in [2.05, 4.69) is 4.72 Å². The molecule has 126 valence electrons. The quantitative estimate of drug-likeness (QED) is 0.638. The van der Waals surface area contributed by atoms with Crippen molar-refractivity contribution in [2.75, 3.05) is 10.5 Å². The van der Waals surface area contributed by atoms with Crippen LogP contribution in [0.1, 0.15) is 34.0 Å². The summed E-state index contributed by atoms with van der Waals surface area (Å²) in [5, 5.41) is 0. The number of carbonyl (C=O) groups is 1. The van der Waals surface area contributed by atoms with Crippen LogP contribution in [-0.4, -0.2) is 20.0 Å². The molecule has 2 aromatic rings. The molecule has 0 saturated heterocycles. The smallest absolute Gasteiger partial charge is 0.232 e. The Morgan fingerprint density at radius 1 is 1.04 bits per heavy atom. The molecule has 0 aliphatic heterocycles. The topological polar surface area (TPSA) is 63.2 Å². The predicted octanol–water partition coefficient (Wildman–Crippen LogP) is 3.96. The van der Waals surface area contributed by atoms with Crippen LogP contribution < -0.4 is 4.72 Å². The molecule has 0 bridgehead atoms. The third-order valence-electron chi connectivity index (χ3n) is 3.78. The first-order chi connectivity index (χ1) is 11.3. The molecule has 5 heteroatoms. The first kappa shape index (κ1) is 17.9. The molecule has 24 heavy (non-hydrogen) atoms. The lowest BCUT2D eigenvalue weighted by molar-refractivity contribution is 0.104. The van der Waals surface area contributed by atoms with Gasteiger partial charge in [-0.2, -0.15) is 0 Å². The Morgan fingerprint density at radius 2 is 1.71 bits per heavy atom. The first-order valence-electron chi connectivity index (χ1n) is 7.71. The number of sulfonamides is 1. The average molecular weight is 343 g/mol. The van der Waals surface area contributed by atoms with Gasteiger partial charge in [-0.3, -0.25) is 9.52 Å². The second-order valence-corrected chi connectivity index (χ2v) is 7.64. The summed E-state index contributed by atoms with van der Waals surface area (Å²) in [5.41, 5.74) is 4.32. The van der Waals surface area contributed by atoms with Crippen molar-refractivity contribution in [2.45, 2.75) is 20.8 Å². The number of ketones is 1. The molecular weight excluding hydrogens is 322 g/mol. The van der Waals surface area contributed by atoms with Crippen LogP contribution in [0.4, 0.5) is 5.69 Å². The summed E-state index contributed by atoms with van der Waals surface area (Å²) in [4.78, 5) is 12.2. The monoisotopic (exact) mass is 343 g/mol. The van der Waals surface area contributed by atoms with E-state index in [9.17, 15) is 13.2 Å².